The summed E-state index contributed by atoms with van der Waals surface area (Å²) in [6, 6.07) is 5.68. The van der Waals surface area contributed by atoms with Crippen molar-refractivity contribution in [2.45, 2.75) is 13.5 Å². The summed E-state index contributed by atoms with van der Waals surface area (Å²) < 4.78 is 12.0. The van der Waals surface area contributed by atoms with Crippen molar-refractivity contribution in [3.8, 4) is 11.3 Å². The molecule has 0 N–H and O–H groups in total. The van der Waals surface area contributed by atoms with E-state index in [4.69, 9.17) is 9.47 Å². The summed E-state index contributed by atoms with van der Waals surface area (Å²) in [6.07, 6.45) is 3.50. The lowest BCUT2D eigenvalue weighted by molar-refractivity contribution is 0.0599. The van der Waals surface area contributed by atoms with Gasteiger partial charge in [-0.3, -0.25) is 4.98 Å². The van der Waals surface area contributed by atoms with Crippen LogP contribution in [-0.4, -0.2) is 36.3 Å². The van der Waals surface area contributed by atoms with E-state index in [2.05, 4.69) is 4.98 Å². The van der Waals surface area contributed by atoms with Gasteiger partial charge in [0, 0.05) is 37.3 Å². The average Bonchev–Trinajstić information content (AvgIpc) is 2.82. The van der Waals surface area contributed by atoms with Crippen LogP contribution in [0.3, 0.4) is 0 Å². The molecule has 0 atom stereocenters. The molecule has 20 heavy (non-hydrogen) atoms. The van der Waals surface area contributed by atoms with Crippen LogP contribution < -0.4 is 0 Å². The summed E-state index contributed by atoms with van der Waals surface area (Å²) >= 11 is 0. The molecular weight excluding hydrogens is 256 g/mol. The number of esters is 1. The molecule has 0 aliphatic heterocycles. The predicted octanol–water partition coefficient (Wildman–Crippen LogP) is 2.29. The quantitative estimate of drug-likeness (QED) is 0.785. The molecule has 0 bridgehead atoms. The van der Waals surface area contributed by atoms with Crippen LogP contribution in [0.25, 0.3) is 11.3 Å². The Kier molecular flexibility index (Phi) is 4.53. The summed E-state index contributed by atoms with van der Waals surface area (Å²) in [5, 5.41) is 0. The highest BCUT2D eigenvalue weighted by Gasteiger charge is 2.18. The van der Waals surface area contributed by atoms with Gasteiger partial charge >= 0.3 is 5.97 Å². The normalized spacial score (nSPS) is 10.6. The van der Waals surface area contributed by atoms with Gasteiger partial charge in [0.15, 0.2) is 0 Å². The Morgan fingerprint density at radius 3 is 2.80 bits per heavy atom. The first kappa shape index (κ1) is 14.3. The third-order valence-corrected chi connectivity index (χ3v) is 3.25. The number of hydrogen-bond donors (Lipinski definition) is 0. The fourth-order valence-electron chi connectivity index (χ4n) is 2.19. The Balaban J connectivity index is 2.51. The smallest absolute Gasteiger partial charge is 0.339 e. The topological polar surface area (TPSA) is 53.4 Å². The van der Waals surface area contributed by atoms with Crippen LogP contribution in [0, 0.1) is 6.92 Å². The largest absolute Gasteiger partial charge is 0.465 e. The molecule has 0 unspecified atom stereocenters. The molecule has 2 rings (SSSR count). The zero-order chi connectivity index (χ0) is 14.5. The number of rotatable bonds is 5. The molecule has 106 valence electrons. The Labute approximate surface area is 118 Å². The Bertz CT molecular complexity index is 591. The van der Waals surface area contributed by atoms with Crippen LogP contribution in [0.1, 0.15) is 16.1 Å². The van der Waals surface area contributed by atoms with Crippen molar-refractivity contribution < 1.29 is 14.3 Å². The van der Waals surface area contributed by atoms with Crippen molar-refractivity contribution >= 4 is 5.97 Å². The molecule has 0 saturated heterocycles. The van der Waals surface area contributed by atoms with Crippen LogP contribution >= 0.6 is 0 Å². The summed E-state index contributed by atoms with van der Waals surface area (Å²) in [4.78, 5) is 15.9. The minimum absolute atomic E-state index is 0.330. The second-order valence-electron chi connectivity index (χ2n) is 4.41. The number of methoxy groups -OCH3 is 2. The average molecular weight is 274 g/mol. The van der Waals surface area contributed by atoms with E-state index in [0.717, 1.165) is 17.0 Å². The maximum absolute atomic E-state index is 11.8. The number of hydrogen-bond acceptors (Lipinski definition) is 4. The molecule has 2 heterocycles. The first-order valence-electron chi connectivity index (χ1n) is 6.36. The van der Waals surface area contributed by atoms with Gasteiger partial charge in [-0.1, -0.05) is 0 Å². The number of ether oxygens (including phenoxy) is 2. The molecule has 0 fully saturated rings. The standard InChI is InChI=1S/C15H18N2O3/c1-11-13(15(18)20-3)9-14(17(11)7-8-19-2)12-5-4-6-16-10-12/h4-6,9-10H,7-8H2,1-3H3. The molecule has 0 radical (unpaired) electrons. The second-order valence-corrected chi connectivity index (χ2v) is 4.41. The van der Waals surface area contributed by atoms with E-state index < -0.39 is 0 Å². The van der Waals surface area contributed by atoms with Gasteiger partial charge in [0.05, 0.1) is 25.0 Å². The van der Waals surface area contributed by atoms with E-state index in [1.54, 1.807) is 19.5 Å². The second kappa shape index (κ2) is 6.34. The van der Waals surface area contributed by atoms with Crippen LogP contribution in [-0.2, 0) is 16.0 Å². The molecule has 0 spiro atoms. The zero-order valence-electron chi connectivity index (χ0n) is 11.9. The summed E-state index contributed by atoms with van der Waals surface area (Å²) in [7, 11) is 3.04. The summed E-state index contributed by atoms with van der Waals surface area (Å²) in [5.41, 5.74) is 3.34. The van der Waals surface area contributed by atoms with Crippen molar-refractivity contribution in [1.82, 2.24) is 9.55 Å². The molecular formula is C15H18N2O3. The lowest BCUT2D eigenvalue weighted by Gasteiger charge is -2.11. The first-order chi connectivity index (χ1) is 9.69. The number of nitrogens with zero attached hydrogens (tertiary/aromatic N) is 2. The molecule has 0 aliphatic rings. The van der Waals surface area contributed by atoms with Crippen molar-refractivity contribution in [2.75, 3.05) is 20.8 Å². The molecule has 0 aliphatic carbocycles. The van der Waals surface area contributed by atoms with E-state index in [-0.39, 0.29) is 5.97 Å². The van der Waals surface area contributed by atoms with Crippen molar-refractivity contribution in [1.29, 1.82) is 0 Å². The molecule has 5 heteroatoms. The minimum atomic E-state index is -0.330. The van der Waals surface area contributed by atoms with E-state index in [1.165, 1.54) is 7.11 Å². The zero-order valence-corrected chi connectivity index (χ0v) is 11.9. The van der Waals surface area contributed by atoms with Gasteiger partial charge in [-0.2, -0.15) is 0 Å². The molecule has 0 aromatic carbocycles. The summed E-state index contributed by atoms with van der Waals surface area (Å²) in [6.45, 7) is 3.15. The summed E-state index contributed by atoms with van der Waals surface area (Å²) in [5.74, 6) is -0.330. The van der Waals surface area contributed by atoms with E-state index in [0.29, 0.717) is 18.7 Å². The maximum Gasteiger partial charge on any atom is 0.339 e. The van der Waals surface area contributed by atoms with Gasteiger partial charge in [-0.25, -0.2) is 4.79 Å². The minimum Gasteiger partial charge on any atom is -0.465 e. The maximum atomic E-state index is 11.8. The Morgan fingerprint density at radius 2 is 2.20 bits per heavy atom. The number of carbonyl (C=O) groups excluding carboxylic acids is 1. The highest BCUT2D eigenvalue weighted by Crippen LogP contribution is 2.25. The molecule has 0 amide bonds. The van der Waals surface area contributed by atoms with Crippen LogP contribution in [0.5, 0.6) is 0 Å². The number of pyridine rings is 1. The first-order valence-corrected chi connectivity index (χ1v) is 6.36. The van der Waals surface area contributed by atoms with Gasteiger partial charge in [0.25, 0.3) is 0 Å². The van der Waals surface area contributed by atoms with E-state index in [9.17, 15) is 4.79 Å². The number of carbonyl (C=O) groups is 1. The fourth-order valence-corrected chi connectivity index (χ4v) is 2.19. The Hall–Kier alpha value is -2.14. The van der Waals surface area contributed by atoms with E-state index >= 15 is 0 Å². The highest BCUT2D eigenvalue weighted by atomic mass is 16.5. The lowest BCUT2D eigenvalue weighted by Crippen LogP contribution is -2.09. The third-order valence-electron chi connectivity index (χ3n) is 3.25. The monoisotopic (exact) mass is 274 g/mol. The van der Waals surface area contributed by atoms with Gasteiger partial charge in [0.1, 0.15) is 0 Å². The molecule has 2 aromatic rings. The van der Waals surface area contributed by atoms with Crippen molar-refractivity contribution in [2.24, 2.45) is 0 Å². The van der Waals surface area contributed by atoms with Crippen molar-refractivity contribution in [3.63, 3.8) is 0 Å². The molecule has 0 saturated carbocycles. The Morgan fingerprint density at radius 1 is 1.40 bits per heavy atom. The molecule has 2 aromatic heterocycles. The van der Waals surface area contributed by atoms with Crippen molar-refractivity contribution in [3.05, 3.63) is 41.9 Å². The highest BCUT2D eigenvalue weighted by molar-refractivity contribution is 5.92. The van der Waals surface area contributed by atoms with E-state index in [1.807, 2.05) is 29.7 Å². The van der Waals surface area contributed by atoms with Crippen LogP contribution in [0.15, 0.2) is 30.6 Å². The van der Waals surface area contributed by atoms with Gasteiger partial charge in [-0.05, 0) is 25.1 Å². The van der Waals surface area contributed by atoms with Gasteiger partial charge < -0.3 is 14.0 Å². The van der Waals surface area contributed by atoms with Crippen LogP contribution in [0.4, 0.5) is 0 Å². The third kappa shape index (κ3) is 2.72. The lowest BCUT2D eigenvalue weighted by atomic mass is 10.2. The molecule has 5 nitrogen and oxygen atoms in total. The predicted molar refractivity (Wildman–Crippen MR) is 75.6 cm³/mol. The fraction of sp³-hybridized carbons (Fsp3) is 0.333. The number of aromatic nitrogens is 2. The van der Waals surface area contributed by atoms with Gasteiger partial charge in [0.2, 0.25) is 0 Å². The van der Waals surface area contributed by atoms with Crippen LogP contribution in [0.2, 0.25) is 0 Å². The SMILES string of the molecule is COCCn1c(-c2cccnc2)cc(C(=O)OC)c1C. The van der Waals surface area contributed by atoms with Gasteiger partial charge in [-0.15, -0.1) is 0 Å².